The number of rotatable bonds is 2. The number of ether oxygens (including phenoxy) is 2. The van der Waals surface area contributed by atoms with Gasteiger partial charge in [0.25, 0.3) is 0 Å². The summed E-state index contributed by atoms with van der Waals surface area (Å²) < 4.78 is 10.3. The topological polar surface area (TPSA) is 103 Å². The average Bonchev–Trinajstić information content (AvgIpc) is 2.77. The molecule has 8 heteroatoms. The third kappa shape index (κ3) is 2.51. The lowest BCUT2D eigenvalue weighted by Gasteiger charge is -2.00. The summed E-state index contributed by atoms with van der Waals surface area (Å²) in [4.78, 5) is 21.2. The van der Waals surface area contributed by atoms with E-state index in [4.69, 9.17) is 26.8 Å². The molecule has 0 spiro atoms. The van der Waals surface area contributed by atoms with E-state index >= 15 is 0 Å². The Balaban J connectivity index is 2.11. The fraction of sp³-hybridized carbons (Fsp3) is 0.100. The summed E-state index contributed by atoms with van der Waals surface area (Å²) in [6.45, 7) is 0.105. The van der Waals surface area contributed by atoms with Crippen LogP contribution in [0.4, 0.5) is 0 Å². The van der Waals surface area contributed by atoms with Gasteiger partial charge in [0, 0.05) is 0 Å². The monoisotopic (exact) mass is 269 g/mol. The summed E-state index contributed by atoms with van der Waals surface area (Å²) in [6.07, 6.45) is 1.30. The molecule has 0 saturated heterocycles. The van der Waals surface area contributed by atoms with E-state index in [0.717, 1.165) is 0 Å². The molecule has 2 amide bonds. The van der Waals surface area contributed by atoms with Crippen molar-refractivity contribution in [2.75, 3.05) is 6.79 Å². The van der Waals surface area contributed by atoms with Crippen LogP contribution < -0.4 is 20.6 Å². The van der Waals surface area contributed by atoms with E-state index in [9.17, 15) is 9.59 Å². The Kier molecular flexibility index (Phi) is 3.33. The molecule has 18 heavy (non-hydrogen) atoms. The van der Waals surface area contributed by atoms with Gasteiger partial charge in [-0.05, 0) is 17.7 Å². The number of primary amides is 1. The average molecular weight is 270 g/mol. The normalized spacial score (nSPS) is 12.7. The smallest absolute Gasteiger partial charge is 0.329 e. The summed E-state index contributed by atoms with van der Waals surface area (Å²) in [5, 5.41) is 3.92. The van der Waals surface area contributed by atoms with Crippen molar-refractivity contribution in [2.24, 2.45) is 10.8 Å². The van der Waals surface area contributed by atoms with E-state index in [1.54, 1.807) is 12.1 Å². The predicted octanol–water partition coefficient (Wildman–Crippen LogP) is 0.00410. The lowest BCUT2D eigenvalue weighted by molar-refractivity contribution is -0.137. The first-order chi connectivity index (χ1) is 8.58. The Morgan fingerprint density at radius 3 is 2.94 bits per heavy atom. The van der Waals surface area contributed by atoms with Crippen molar-refractivity contribution in [3.8, 4) is 11.5 Å². The number of fused-ring (bicyclic) bond motifs is 1. The summed E-state index contributed by atoms with van der Waals surface area (Å²) in [6, 6.07) is 3.21. The van der Waals surface area contributed by atoms with Crippen molar-refractivity contribution in [1.82, 2.24) is 5.43 Å². The number of hydrogen-bond donors (Lipinski definition) is 2. The van der Waals surface area contributed by atoms with Crippen molar-refractivity contribution >= 4 is 29.6 Å². The molecule has 7 nitrogen and oxygen atoms in total. The molecule has 0 aliphatic carbocycles. The van der Waals surface area contributed by atoms with Crippen LogP contribution in [0.1, 0.15) is 5.56 Å². The van der Waals surface area contributed by atoms with E-state index in [0.29, 0.717) is 22.1 Å². The molecule has 0 atom stereocenters. The molecule has 0 fully saturated rings. The van der Waals surface area contributed by atoms with E-state index in [2.05, 4.69) is 5.10 Å². The Hall–Kier alpha value is -2.28. The van der Waals surface area contributed by atoms with Gasteiger partial charge in [-0.2, -0.15) is 5.10 Å². The third-order valence-corrected chi connectivity index (χ3v) is 2.33. The van der Waals surface area contributed by atoms with Crippen LogP contribution in [0.5, 0.6) is 11.5 Å². The number of nitrogens with two attached hydrogens (primary N) is 1. The highest BCUT2D eigenvalue weighted by molar-refractivity contribution is 6.34. The second kappa shape index (κ2) is 4.92. The van der Waals surface area contributed by atoms with E-state index in [1.807, 2.05) is 5.43 Å². The lowest BCUT2D eigenvalue weighted by Crippen LogP contribution is -2.32. The van der Waals surface area contributed by atoms with Crippen LogP contribution in [0, 0.1) is 0 Å². The van der Waals surface area contributed by atoms with Crippen molar-refractivity contribution in [1.29, 1.82) is 0 Å². The molecule has 0 aromatic heterocycles. The maximum atomic E-state index is 10.8. The maximum absolute atomic E-state index is 10.8. The summed E-state index contributed by atoms with van der Waals surface area (Å²) >= 11 is 5.94. The van der Waals surface area contributed by atoms with E-state index in [-0.39, 0.29) is 6.79 Å². The summed E-state index contributed by atoms with van der Waals surface area (Å²) in [5.41, 5.74) is 7.27. The predicted molar refractivity (Wildman–Crippen MR) is 62.5 cm³/mol. The molecule has 0 radical (unpaired) electrons. The molecule has 0 saturated carbocycles. The number of carbonyl (C=O) groups excluding carboxylic acids is 2. The van der Waals surface area contributed by atoms with Crippen molar-refractivity contribution in [3.05, 3.63) is 22.7 Å². The first-order valence-corrected chi connectivity index (χ1v) is 5.17. The molecule has 0 unspecified atom stereocenters. The molecule has 1 heterocycles. The second-order valence-corrected chi connectivity index (χ2v) is 3.71. The molecule has 3 N–H and O–H groups in total. The zero-order valence-electron chi connectivity index (χ0n) is 8.97. The highest BCUT2D eigenvalue weighted by atomic mass is 35.5. The fourth-order valence-corrected chi connectivity index (χ4v) is 1.56. The molecular formula is C10H8ClN3O4. The van der Waals surface area contributed by atoms with Gasteiger partial charge in [0.05, 0.1) is 11.2 Å². The number of nitrogens with one attached hydrogen (secondary N) is 1. The molecule has 0 bridgehead atoms. The number of halogens is 1. The van der Waals surface area contributed by atoms with Crippen LogP contribution in [0.3, 0.4) is 0 Å². The number of nitrogens with zero attached hydrogens (tertiary/aromatic N) is 1. The fourth-order valence-electron chi connectivity index (χ4n) is 1.28. The number of hydrogen-bond acceptors (Lipinski definition) is 5. The van der Waals surface area contributed by atoms with Gasteiger partial charge in [-0.15, -0.1) is 0 Å². The molecule has 1 aliphatic rings. The highest BCUT2D eigenvalue weighted by Gasteiger charge is 2.17. The number of benzene rings is 1. The highest BCUT2D eigenvalue weighted by Crippen LogP contribution is 2.39. The van der Waals surface area contributed by atoms with Crippen molar-refractivity contribution < 1.29 is 19.1 Å². The minimum absolute atomic E-state index is 0.105. The second-order valence-electron chi connectivity index (χ2n) is 3.30. The molecule has 1 aromatic carbocycles. The van der Waals surface area contributed by atoms with Gasteiger partial charge in [-0.25, -0.2) is 5.43 Å². The zero-order valence-corrected chi connectivity index (χ0v) is 9.73. The molecule has 94 valence electrons. The number of amides is 2. The van der Waals surface area contributed by atoms with Gasteiger partial charge < -0.3 is 15.2 Å². The van der Waals surface area contributed by atoms with Crippen molar-refractivity contribution in [2.45, 2.75) is 0 Å². The van der Waals surface area contributed by atoms with Crippen LogP contribution in [0.25, 0.3) is 0 Å². The zero-order chi connectivity index (χ0) is 13.1. The van der Waals surface area contributed by atoms with Gasteiger partial charge in [-0.3, -0.25) is 9.59 Å². The quantitative estimate of drug-likeness (QED) is 0.448. The van der Waals surface area contributed by atoms with Gasteiger partial charge >= 0.3 is 11.8 Å². The Morgan fingerprint density at radius 2 is 2.22 bits per heavy atom. The third-order valence-electron chi connectivity index (χ3n) is 2.05. The van der Waals surface area contributed by atoms with Gasteiger partial charge in [0.1, 0.15) is 0 Å². The Labute approximate surface area is 106 Å². The standard InChI is InChI=1S/C10H8ClN3O4/c11-6-1-5(2-7-8(6)18-4-17-7)3-13-14-10(16)9(12)15/h1-3H,4H2,(H2,12,15)(H,14,16)/b13-3-. The van der Waals surface area contributed by atoms with Crippen molar-refractivity contribution in [3.63, 3.8) is 0 Å². The maximum Gasteiger partial charge on any atom is 0.329 e. The van der Waals surface area contributed by atoms with E-state index < -0.39 is 11.8 Å². The summed E-state index contributed by atoms with van der Waals surface area (Å²) in [5.74, 6) is -1.16. The van der Waals surface area contributed by atoms with Crippen LogP contribution in [-0.4, -0.2) is 24.8 Å². The molecule has 1 aliphatic heterocycles. The summed E-state index contributed by atoms with van der Waals surface area (Å²) in [7, 11) is 0. The Morgan fingerprint density at radius 1 is 1.44 bits per heavy atom. The largest absolute Gasteiger partial charge is 0.454 e. The van der Waals surface area contributed by atoms with Crippen LogP contribution >= 0.6 is 11.6 Å². The first kappa shape index (κ1) is 12.2. The first-order valence-electron chi connectivity index (χ1n) is 4.80. The van der Waals surface area contributed by atoms with Gasteiger partial charge in [0.2, 0.25) is 6.79 Å². The van der Waals surface area contributed by atoms with E-state index in [1.165, 1.54) is 6.21 Å². The minimum Gasteiger partial charge on any atom is -0.454 e. The Bertz CT molecular complexity index is 544. The number of carbonyl (C=O) groups is 2. The van der Waals surface area contributed by atoms with Crippen LogP contribution in [0.2, 0.25) is 5.02 Å². The van der Waals surface area contributed by atoms with Gasteiger partial charge in [0.15, 0.2) is 11.5 Å². The minimum atomic E-state index is -1.11. The SMILES string of the molecule is NC(=O)C(=O)N/N=C\c1cc(Cl)c2c(c1)OCO2. The van der Waals surface area contributed by atoms with Crippen LogP contribution in [0.15, 0.2) is 17.2 Å². The molecule has 2 rings (SSSR count). The molecular weight excluding hydrogens is 262 g/mol. The lowest BCUT2D eigenvalue weighted by atomic mass is 10.2. The molecule has 1 aromatic rings. The van der Waals surface area contributed by atoms with Gasteiger partial charge in [-0.1, -0.05) is 11.6 Å². The number of hydrazone groups is 1. The van der Waals surface area contributed by atoms with Crippen LogP contribution in [-0.2, 0) is 9.59 Å².